The standard InChI is InChI=1S/C25H32N2O6S2/c1-6-32-24(29)21-16-9-7-8-10-20(16)34-23(21)26-22(28)19-14-27(35(5,30)31)17-13-15(25(2,3)4)11-12-18(17)33-19/h11-13,19H,6-10,14H2,1-5H3,(H,26,28). The van der Waals surface area contributed by atoms with Crippen molar-refractivity contribution in [1.29, 1.82) is 0 Å². The zero-order chi connectivity index (χ0) is 25.5. The number of esters is 1. The normalized spacial score (nSPS) is 17.7. The zero-order valence-corrected chi connectivity index (χ0v) is 22.4. The van der Waals surface area contributed by atoms with Crippen molar-refractivity contribution in [2.45, 2.75) is 64.9 Å². The second-order valence-electron chi connectivity index (χ2n) is 9.96. The quantitative estimate of drug-likeness (QED) is 0.591. The lowest BCUT2D eigenvalue weighted by atomic mass is 9.86. The molecule has 2 heterocycles. The summed E-state index contributed by atoms with van der Waals surface area (Å²) in [6.45, 7) is 7.95. The smallest absolute Gasteiger partial charge is 0.341 e. The van der Waals surface area contributed by atoms with Crippen LogP contribution in [-0.4, -0.2) is 45.8 Å². The number of nitrogens with zero attached hydrogens (tertiary/aromatic N) is 1. The lowest BCUT2D eigenvalue weighted by Gasteiger charge is -2.35. The van der Waals surface area contributed by atoms with Crippen LogP contribution in [0.2, 0.25) is 0 Å². The Morgan fingerprint density at radius 3 is 2.60 bits per heavy atom. The van der Waals surface area contributed by atoms with Gasteiger partial charge < -0.3 is 14.8 Å². The highest BCUT2D eigenvalue weighted by Gasteiger charge is 2.37. The van der Waals surface area contributed by atoms with Crippen molar-refractivity contribution in [3.63, 3.8) is 0 Å². The fourth-order valence-corrected chi connectivity index (χ4v) is 6.62. The number of amides is 1. The molecule has 1 N–H and O–H groups in total. The molecule has 0 spiro atoms. The number of anilines is 2. The van der Waals surface area contributed by atoms with E-state index in [-0.39, 0.29) is 18.6 Å². The number of ether oxygens (including phenoxy) is 2. The summed E-state index contributed by atoms with van der Waals surface area (Å²) >= 11 is 1.38. The minimum atomic E-state index is -3.67. The van der Waals surface area contributed by atoms with Gasteiger partial charge in [-0.2, -0.15) is 0 Å². The Morgan fingerprint density at radius 1 is 1.23 bits per heavy atom. The molecule has 1 aromatic heterocycles. The van der Waals surface area contributed by atoms with Crippen molar-refractivity contribution >= 4 is 43.9 Å². The van der Waals surface area contributed by atoms with E-state index >= 15 is 0 Å². The highest BCUT2D eigenvalue weighted by atomic mass is 32.2. The van der Waals surface area contributed by atoms with E-state index in [4.69, 9.17) is 9.47 Å². The Bertz CT molecular complexity index is 1260. The number of thiophene rings is 1. The van der Waals surface area contributed by atoms with Crippen LogP contribution in [0.15, 0.2) is 18.2 Å². The van der Waals surface area contributed by atoms with Crippen LogP contribution < -0.4 is 14.4 Å². The Balaban J connectivity index is 1.65. The molecule has 0 fully saturated rings. The molecule has 1 unspecified atom stereocenters. The van der Waals surface area contributed by atoms with Gasteiger partial charge in [-0.3, -0.25) is 9.10 Å². The second-order valence-corrected chi connectivity index (χ2v) is 13.0. The summed E-state index contributed by atoms with van der Waals surface area (Å²) in [6.07, 6.45) is 3.67. The van der Waals surface area contributed by atoms with Crippen LogP contribution in [0.5, 0.6) is 5.75 Å². The molecule has 190 valence electrons. The van der Waals surface area contributed by atoms with Crippen molar-refractivity contribution in [1.82, 2.24) is 0 Å². The first-order valence-electron chi connectivity index (χ1n) is 11.8. The first-order valence-corrected chi connectivity index (χ1v) is 14.5. The fourth-order valence-electron chi connectivity index (χ4n) is 4.43. The van der Waals surface area contributed by atoms with Gasteiger partial charge in [0.1, 0.15) is 10.8 Å². The van der Waals surface area contributed by atoms with E-state index in [1.165, 1.54) is 15.6 Å². The summed E-state index contributed by atoms with van der Waals surface area (Å²) < 4.78 is 37.8. The minimum absolute atomic E-state index is 0.162. The number of benzene rings is 1. The van der Waals surface area contributed by atoms with Crippen LogP contribution >= 0.6 is 11.3 Å². The molecule has 0 saturated heterocycles. The monoisotopic (exact) mass is 520 g/mol. The highest BCUT2D eigenvalue weighted by Crippen LogP contribution is 2.41. The Morgan fingerprint density at radius 2 is 1.94 bits per heavy atom. The summed E-state index contributed by atoms with van der Waals surface area (Å²) in [4.78, 5) is 27.1. The van der Waals surface area contributed by atoms with Gasteiger partial charge in [-0.15, -0.1) is 11.3 Å². The molecule has 0 radical (unpaired) electrons. The first kappa shape index (κ1) is 25.5. The molecule has 0 saturated carbocycles. The van der Waals surface area contributed by atoms with Gasteiger partial charge in [0.25, 0.3) is 5.91 Å². The maximum atomic E-state index is 13.3. The van der Waals surface area contributed by atoms with E-state index in [9.17, 15) is 18.0 Å². The van der Waals surface area contributed by atoms with Gasteiger partial charge in [0.2, 0.25) is 10.0 Å². The average molecular weight is 521 g/mol. The zero-order valence-electron chi connectivity index (χ0n) is 20.8. The van der Waals surface area contributed by atoms with Crippen LogP contribution in [0, 0.1) is 0 Å². The third-order valence-corrected chi connectivity index (χ3v) is 8.63. The van der Waals surface area contributed by atoms with Gasteiger partial charge >= 0.3 is 5.97 Å². The minimum Gasteiger partial charge on any atom is -0.476 e. The number of sulfonamides is 1. The van der Waals surface area contributed by atoms with Crippen LogP contribution in [0.4, 0.5) is 10.7 Å². The third kappa shape index (κ3) is 5.18. The topological polar surface area (TPSA) is 102 Å². The van der Waals surface area contributed by atoms with Crippen LogP contribution in [0.1, 0.15) is 66.9 Å². The molecule has 1 amide bonds. The van der Waals surface area contributed by atoms with E-state index in [2.05, 4.69) is 5.32 Å². The van der Waals surface area contributed by atoms with Gasteiger partial charge in [0.05, 0.1) is 30.7 Å². The lowest BCUT2D eigenvalue weighted by Crippen LogP contribution is -2.48. The summed E-state index contributed by atoms with van der Waals surface area (Å²) in [6, 6.07) is 5.39. The van der Waals surface area contributed by atoms with E-state index in [0.717, 1.165) is 47.9 Å². The number of rotatable bonds is 5. The SMILES string of the molecule is CCOC(=O)c1c(NC(=O)C2CN(S(C)(=O)=O)c3cc(C(C)(C)C)ccc3O2)sc2c1CCCC2. The highest BCUT2D eigenvalue weighted by molar-refractivity contribution is 7.92. The van der Waals surface area contributed by atoms with Crippen LogP contribution in [-0.2, 0) is 37.8 Å². The van der Waals surface area contributed by atoms with Gasteiger partial charge in [-0.05, 0) is 61.3 Å². The van der Waals surface area contributed by atoms with Crippen molar-refractivity contribution < 1.29 is 27.5 Å². The molecule has 4 rings (SSSR count). The van der Waals surface area contributed by atoms with E-state index < -0.39 is 28.0 Å². The molecule has 1 aromatic carbocycles. The van der Waals surface area contributed by atoms with Crippen molar-refractivity contribution in [2.24, 2.45) is 0 Å². The van der Waals surface area contributed by atoms with Gasteiger partial charge in [-0.1, -0.05) is 26.8 Å². The van der Waals surface area contributed by atoms with Gasteiger partial charge in [0, 0.05) is 4.88 Å². The molecule has 2 aliphatic rings. The van der Waals surface area contributed by atoms with E-state index in [1.807, 2.05) is 26.8 Å². The van der Waals surface area contributed by atoms with Crippen molar-refractivity contribution in [3.05, 3.63) is 39.8 Å². The maximum absolute atomic E-state index is 13.3. The molecular weight excluding hydrogens is 488 g/mol. The van der Waals surface area contributed by atoms with Crippen LogP contribution in [0.25, 0.3) is 0 Å². The molecule has 8 nitrogen and oxygen atoms in total. The lowest BCUT2D eigenvalue weighted by molar-refractivity contribution is -0.122. The molecule has 1 atom stereocenters. The number of carbonyl (C=O) groups excluding carboxylic acids is 2. The fraction of sp³-hybridized carbons (Fsp3) is 0.520. The number of nitrogens with one attached hydrogen (secondary N) is 1. The third-order valence-electron chi connectivity index (χ3n) is 6.27. The summed E-state index contributed by atoms with van der Waals surface area (Å²) in [7, 11) is -3.67. The predicted molar refractivity (Wildman–Crippen MR) is 137 cm³/mol. The van der Waals surface area contributed by atoms with Crippen molar-refractivity contribution in [3.8, 4) is 5.75 Å². The molecule has 2 aromatic rings. The summed E-state index contributed by atoms with van der Waals surface area (Å²) in [5, 5.41) is 3.28. The Hall–Kier alpha value is -2.59. The molecule has 35 heavy (non-hydrogen) atoms. The second kappa shape index (κ2) is 9.46. The molecule has 0 bridgehead atoms. The number of hydrogen-bond acceptors (Lipinski definition) is 7. The van der Waals surface area contributed by atoms with Gasteiger partial charge in [0.15, 0.2) is 6.10 Å². The largest absolute Gasteiger partial charge is 0.476 e. The van der Waals surface area contributed by atoms with Gasteiger partial charge in [-0.25, -0.2) is 13.2 Å². The maximum Gasteiger partial charge on any atom is 0.341 e. The van der Waals surface area contributed by atoms with Crippen molar-refractivity contribution in [2.75, 3.05) is 29.0 Å². The summed E-state index contributed by atoms with van der Waals surface area (Å²) in [5.74, 6) is -0.635. The Kier molecular flexibility index (Phi) is 6.89. The summed E-state index contributed by atoms with van der Waals surface area (Å²) in [5.41, 5.74) is 2.54. The molecule has 1 aliphatic heterocycles. The number of carbonyl (C=O) groups is 2. The number of hydrogen-bond donors (Lipinski definition) is 1. The molecular formula is C25H32N2O6S2. The van der Waals surface area contributed by atoms with Crippen LogP contribution in [0.3, 0.4) is 0 Å². The van der Waals surface area contributed by atoms with E-state index in [0.29, 0.717) is 22.0 Å². The van der Waals surface area contributed by atoms with E-state index in [1.54, 1.807) is 19.1 Å². The number of aryl methyl sites for hydroxylation is 1. The predicted octanol–water partition coefficient (Wildman–Crippen LogP) is 4.27. The molecule has 10 heteroatoms. The Labute approximate surface area is 210 Å². The first-order chi connectivity index (χ1) is 16.4. The average Bonchev–Trinajstić information content (AvgIpc) is 3.14. The number of fused-ring (bicyclic) bond motifs is 2. The molecule has 1 aliphatic carbocycles.